The van der Waals surface area contributed by atoms with E-state index in [1.807, 2.05) is 19.1 Å². The lowest BCUT2D eigenvalue weighted by atomic mass is 10.1. The van der Waals surface area contributed by atoms with E-state index in [9.17, 15) is 4.79 Å². The third-order valence-electron chi connectivity index (χ3n) is 5.20. The van der Waals surface area contributed by atoms with Crippen LogP contribution < -0.4 is 10.1 Å². The Bertz CT molecular complexity index is 803. The first-order chi connectivity index (χ1) is 13.5. The second kappa shape index (κ2) is 9.40. The van der Waals surface area contributed by atoms with Gasteiger partial charge in [0.15, 0.2) is 0 Å². The van der Waals surface area contributed by atoms with Crippen molar-refractivity contribution in [2.45, 2.75) is 25.7 Å². The fourth-order valence-electron chi connectivity index (χ4n) is 3.66. The number of rotatable bonds is 6. The van der Waals surface area contributed by atoms with Crippen molar-refractivity contribution >= 4 is 20.2 Å². The Balaban J connectivity index is 1.73. The number of nitrogens with zero attached hydrogens (tertiary/aromatic N) is 2. The Morgan fingerprint density at radius 3 is 2.86 bits per heavy atom. The number of hydrogen-bond acceptors (Lipinski definition) is 5. The molecule has 0 amide bonds. The highest BCUT2D eigenvalue weighted by Gasteiger charge is 2.22. The summed E-state index contributed by atoms with van der Waals surface area (Å²) in [6.45, 7) is 7.33. The lowest BCUT2D eigenvalue weighted by Crippen LogP contribution is -2.49. The van der Waals surface area contributed by atoms with Crippen molar-refractivity contribution in [3.8, 4) is 5.75 Å². The predicted molar refractivity (Wildman–Crippen MR) is 118 cm³/mol. The molecule has 1 aromatic rings. The third-order valence-corrected chi connectivity index (χ3v) is 6.86. The minimum atomic E-state index is 0.248. The van der Waals surface area contributed by atoms with Gasteiger partial charge < -0.3 is 19.9 Å². The summed E-state index contributed by atoms with van der Waals surface area (Å²) in [4.78, 5) is 15.9. The zero-order valence-electron chi connectivity index (χ0n) is 17.1. The van der Waals surface area contributed by atoms with E-state index in [0.717, 1.165) is 48.1 Å². The van der Waals surface area contributed by atoms with Crippen LogP contribution in [0.3, 0.4) is 0 Å². The zero-order valence-corrected chi connectivity index (χ0v) is 18.1. The molecule has 1 saturated heterocycles. The summed E-state index contributed by atoms with van der Waals surface area (Å²) in [6.07, 6.45) is 9.30. The largest absolute Gasteiger partial charge is 0.496 e. The standard InChI is InChI=1S/C22H30N3O2P/c1-16-13-18(5-7-20(16)27-4)21(9-12-26)28-22-8-6-19(15-24(22)3)25-11-10-23-17(2)14-25/h5-9,12-13,15,17,22-23,28H,10-11,14H2,1-4H3/b21-9-/t17-,22?/m0/s1. The first kappa shape index (κ1) is 20.6. The van der Waals surface area contributed by atoms with Crippen LogP contribution in [0.5, 0.6) is 5.75 Å². The van der Waals surface area contributed by atoms with E-state index < -0.39 is 0 Å². The Hall–Kier alpha value is -2.10. The van der Waals surface area contributed by atoms with Crippen molar-refractivity contribution in [3.05, 3.63) is 59.5 Å². The highest BCUT2D eigenvalue weighted by atomic mass is 31.1. The van der Waals surface area contributed by atoms with Gasteiger partial charge in [-0.2, -0.15) is 0 Å². The fraction of sp³-hybridized carbons (Fsp3) is 0.409. The van der Waals surface area contributed by atoms with Gasteiger partial charge in [0.25, 0.3) is 0 Å². The minimum absolute atomic E-state index is 0.248. The maximum absolute atomic E-state index is 11.3. The van der Waals surface area contributed by atoms with E-state index in [-0.39, 0.29) is 5.78 Å². The second-order valence-electron chi connectivity index (χ2n) is 7.37. The van der Waals surface area contributed by atoms with E-state index in [0.29, 0.717) is 14.6 Å². The molecule has 0 radical (unpaired) electrons. The summed E-state index contributed by atoms with van der Waals surface area (Å²) in [5.41, 5.74) is 3.42. The molecule has 28 heavy (non-hydrogen) atoms. The molecule has 0 bridgehead atoms. The monoisotopic (exact) mass is 399 g/mol. The van der Waals surface area contributed by atoms with Crippen LogP contribution in [0.1, 0.15) is 18.1 Å². The van der Waals surface area contributed by atoms with Crippen molar-refractivity contribution in [3.63, 3.8) is 0 Å². The molecule has 0 aromatic heterocycles. The molecule has 2 aliphatic rings. The Labute approximate surface area is 169 Å². The minimum Gasteiger partial charge on any atom is -0.496 e. The molecular weight excluding hydrogens is 369 g/mol. The molecule has 0 aliphatic carbocycles. The smallest absolute Gasteiger partial charge is 0.143 e. The van der Waals surface area contributed by atoms with E-state index >= 15 is 0 Å². The average Bonchev–Trinajstić information content (AvgIpc) is 2.69. The maximum Gasteiger partial charge on any atom is 0.143 e. The van der Waals surface area contributed by atoms with Gasteiger partial charge in [-0.15, -0.1) is 0 Å². The highest BCUT2D eigenvalue weighted by Crippen LogP contribution is 2.41. The van der Waals surface area contributed by atoms with Crippen LogP contribution in [-0.2, 0) is 4.79 Å². The van der Waals surface area contributed by atoms with Gasteiger partial charge in [0, 0.05) is 38.9 Å². The number of methoxy groups -OCH3 is 1. The second-order valence-corrected chi connectivity index (χ2v) is 8.79. The summed E-state index contributed by atoms with van der Waals surface area (Å²) in [5.74, 6) is 1.11. The number of piperazine rings is 1. The van der Waals surface area contributed by atoms with Gasteiger partial charge in [-0.05, 0) is 54.6 Å². The van der Waals surface area contributed by atoms with E-state index in [2.05, 4.69) is 53.5 Å². The van der Waals surface area contributed by atoms with E-state index in [4.69, 9.17) is 4.74 Å². The molecule has 3 atom stereocenters. The van der Waals surface area contributed by atoms with Gasteiger partial charge in [0.05, 0.1) is 18.6 Å². The number of benzene rings is 1. The molecule has 5 nitrogen and oxygen atoms in total. The van der Waals surface area contributed by atoms with Crippen molar-refractivity contribution < 1.29 is 9.53 Å². The summed E-state index contributed by atoms with van der Waals surface area (Å²) >= 11 is 0. The molecule has 2 unspecified atom stereocenters. The number of nitrogens with one attached hydrogen (secondary N) is 1. The number of allylic oxidation sites excluding steroid dienone is 2. The van der Waals surface area contributed by atoms with Crippen molar-refractivity contribution in [2.75, 3.05) is 33.8 Å². The van der Waals surface area contributed by atoms with Gasteiger partial charge in [0.2, 0.25) is 0 Å². The average molecular weight is 399 g/mol. The van der Waals surface area contributed by atoms with Crippen LogP contribution in [0, 0.1) is 6.92 Å². The first-order valence-electron chi connectivity index (χ1n) is 9.69. The van der Waals surface area contributed by atoms with Gasteiger partial charge in [0.1, 0.15) is 12.0 Å². The summed E-state index contributed by atoms with van der Waals surface area (Å²) < 4.78 is 5.36. The van der Waals surface area contributed by atoms with Crippen molar-refractivity contribution in [1.29, 1.82) is 0 Å². The maximum atomic E-state index is 11.3. The number of carbonyl (C=O) groups is 1. The summed E-state index contributed by atoms with van der Waals surface area (Å²) in [7, 11) is 4.27. The molecule has 1 aromatic carbocycles. The molecule has 0 spiro atoms. The number of ether oxygens (including phenoxy) is 1. The summed E-state index contributed by atoms with van der Waals surface area (Å²) in [6, 6.07) is 6.60. The lowest BCUT2D eigenvalue weighted by molar-refractivity contribution is -0.104. The highest BCUT2D eigenvalue weighted by molar-refractivity contribution is 7.51. The van der Waals surface area contributed by atoms with Crippen LogP contribution in [0.25, 0.3) is 5.31 Å². The van der Waals surface area contributed by atoms with Crippen LogP contribution in [-0.4, -0.2) is 61.7 Å². The van der Waals surface area contributed by atoms with E-state index in [1.165, 1.54) is 5.70 Å². The molecule has 2 heterocycles. The molecule has 1 fully saturated rings. The molecule has 1 N–H and O–H groups in total. The number of aldehydes is 1. The van der Waals surface area contributed by atoms with Crippen LogP contribution in [0.4, 0.5) is 0 Å². The molecule has 6 heteroatoms. The van der Waals surface area contributed by atoms with E-state index in [1.54, 1.807) is 13.2 Å². The lowest BCUT2D eigenvalue weighted by Gasteiger charge is -2.38. The predicted octanol–water partition coefficient (Wildman–Crippen LogP) is 3.18. The number of hydrogen-bond donors (Lipinski definition) is 1. The number of aryl methyl sites for hydroxylation is 1. The number of likely N-dealkylation sites (N-methyl/N-ethyl adjacent to an activating group) is 1. The van der Waals surface area contributed by atoms with Crippen LogP contribution in [0.2, 0.25) is 0 Å². The van der Waals surface area contributed by atoms with Crippen molar-refractivity contribution in [1.82, 2.24) is 15.1 Å². The van der Waals surface area contributed by atoms with Gasteiger partial charge >= 0.3 is 0 Å². The fourth-order valence-corrected chi connectivity index (χ4v) is 4.94. The van der Waals surface area contributed by atoms with Crippen LogP contribution in [0.15, 0.2) is 48.3 Å². The topological polar surface area (TPSA) is 44.8 Å². The molecule has 150 valence electrons. The SMILES string of the molecule is COc1ccc(/C(=C/C=O)PC2C=CC(N3CCN[C@@H](C)C3)=CN2C)cc1C. The Morgan fingerprint density at radius 1 is 1.39 bits per heavy atom. The molecule has 2 aliphatic heterocycles. The van der Waals surface area contributed by atoms with Gasteiger partial charge in [-0.25, -0.2) is 0 Å². The molecule has 0 saturated carbocycles. The van der Waals surface area contributed by atoms with Gasteiger partial charge in [-0.1, -0.05) is 20.7 Å². The normalized spacial score (nSPS) is 23.3. The molecular formula is C22H30N3O2P. The summed E-state index contributed by atoms with van der Waals surface area (Å²) in [5, 5.41) is 4.55. The first-order valence-corrected chi connectivity index (χ1v) is 10.8. The molecule has 3 rings (SSSR count). The van der Waals surface area contributed by atoms with Gasteiger partial charge in [-0.3, -0.25) is 4.79 Å². The zero-order chi connectivity index (χ0) is 20.1. The Kier molecular flexibility index (Phi) is 6.93. The quantitative estimate of drug-likeness (QED) is 0.452. The third kappa shape index (κ3) is 4.84. The van der Waals surface area contributed by atoms with Crippen molar-refractivity contribution in [2.24, 2.45) is 0 Å². The van der Waals surface area contributed by atoms with Crippen LogP contribution >= 0.6 is 8.58 Å². The Morgan fingerprint density at radius 2 is 2.21 bits per heavy atom. The number of carbonyl (C=O) groups excluding carboxylic acids is 1.